The molecule has 1 heterocycles. The zero-order chi connectivity index (χ0) is 14.7. The maximum absolute atomic E-state index is 12.5. The van der Waals surface area contributed by atoms with E-state index >= 15 is 0 Å². The molecule has 0 atom stereocenters. The molecular weight excluding hydrogens is 360 g/mol. The number of hydrogen-bond donors (Lipinski definition) is 1. The van der Waals surface area contributed by atoms with Crippen molar-refractivity contribution in [3.8, 4) is 0 Å². The van der Waals surface area contributed by atoms with Crippen LogP contribution >= 0.6 is 38.9 Å². The average molecular weight is 374 g/mol. The quantitative estimate of drug-likeness (QED) is 0.857. The monoisotopic (exact) mass is 372 g/mol. The van der Waals surface area contributed by atoms with Crippen LogP contribution in [0.25, 0.3) is 0 Å². The maximum atomic E-state index is 12.5. The van der Waals surface area contributed by atoms with Crippen molar-refractivity contribution in [2.45, 2.75) is 6.54 Å². The summed E-state index contributed by atoms with van der Waals surface area (Å²) < 4.78 is 1.04. The zero-order valence-corrected chi connectivity index (χ0v) is 14.3. The van der Waals surface area contributed by atoms with Crippen molar-refractivity contribution in [2.24, 2.45) is 0 Å². The van der Waals surface area contributed by atoms with E-state index in [1.54, 1.807) is 42.5 Å². The van der Waals surface area contributed by atoms with Crippen LogP contribution < -0.4 is 5.32 Å². The number of benzene rings is 1. The molecule has 0 aliphatic rings. The normalized spacial score (nSPS) is 10.4. The van der Waals surface area contributed by atoms with Crippen molar-refractivity contribution in [1.82, 2.24) is 4.90 Å². The molecule has 0 aliphatic heterocycles. The molecule has 1 amide bonds. The highest BCUT2D eigenvalue weighted by atomic mass is 79.9. The van der Waals surface area contributed by atoms with E-state index in [-0.39, 0.29) is 5.91 Å². The van der Waals surface area contributed by atoms with E-state index in [2.05, 4.69) is 21.2 Å². The zero-order valence-electron chi connectivity index (χ0n) is 11.1. The number of amides is 1. The summed E-state index contributed by atoms with van der Waals surface area (Å²) in [7, 11) is 3.58. The molecule has 0 bridgehead atoms. The lowest BCUT2D eigenvalue weighted by Gasteiger charge is -2.18. The van der Waals surface area contributed by atoms with Gasteiger partial charge in [-0.3, -0.25) is 4.79 Å². The molecule has 0 saturated carbocycles. The van der Waals surface area contributed by atoms with Gasteiger partial charge in [-0.1, -0.05) is 11.6 Å². The summed E-state index contributed by atoms with van der Waals surface area (Å²) in [6.45, 7) is 0.574. The lowest BCUT2D eigenvalue weighted by molar-refractivity contribution is 0.0787. The highest BCUT2D eigenvalue weighted by Gasteiger charge is 2.16. The minimum atomic E-state index is -0.0543. The molecule has 0 spiro atoms. The number of hydrogen-bond acceptors (Lipinski definition) is 3. The second-order valence-corrected chi connectivity index (χ2v) is 6.68. The van der Waals surface area contributed by atoms with Crippen LogP contribution in [0, 0.1) is 0 Å². The number of carbonyl (C=O) groups is 1. The molecule has 3 nitrogen and oxygen atoms in total. The Kier molecular flexibility index (Phi) is 5.07. The van der Waals surface area contributed by atoms with Crippen molar-refractivity contribution >= 4 is 50.5 Å². The van der Waals surface area contributed by atoms with E-state index < -0.39 is 0 Å². The predicted molar refractivity (Wildman–Crippen MR) is 88.8 cm³/mol. The molecule has 2 rings (SSSR count). The Balaban J connectivity index is 2.20. The summed E-state index contributed by atoms with van der Waals surface area (Å²) in [5.74, 6) is -0.0543. The molecule has 0 fully saturated rings. The summed E-state index contributed by atoms with van der Waals surface area (Å²) in [6.07, 6.45) is 0. The molecule has 0 unspecified atom stereocenters. The summed E-state index contributed by atoms with van der Waals surface area (Å²) in [5, 5.41) is 5.58. The van der Waals surface area contributed by atoms with Crippen molar-refractivity contribution in [2.75, 3.05) is 19.4 Å². The third kappa shape index (κ3) is 3.53. The summed E-state index contributed by atoms with van der Waals surface area (Å²) >= 11 is 11.0. The number of nitrogens with zero attached hydrogens (tertiary/aromatic N) is 1. The van der Waals surface area contributed by atoms with Crippen LogP contribution in [0.5, 0.6) is 0 Å². The third-order valence-electron chi connectivity index (χ3n) is 2.84. The second kappa shape index (κ2) is 6.61. The van der Waals surface area contributed by atoms with Gasteiger partial charge in [0.05, 0.1) is 12.1 Å². The lowest BCUT2D eigenvalue weighted by Crippen LogP contribution is -2.26. The minimum absolute atomic E-state index is 0.0543. The molecule has 106 valence electrons. The molecular formula is C14H14BrClN2OS. The Morgan fingerprint density at radius 2 is 2.20 bits per heavy atom. The second-order valence-electron chi connectivity index (χ2n) is 4.33. The Hall–Kier alpha value is -1.04. The van der Waals surface area contributed by atoms with E-state index in [9.17, 15) is 4.79 Å². The van der Waals surface area contributed by atoms with Crippen molar-refractivity contribution < 1.29 is 4.79 Å². The Morgan fingerprint density at radius 1 is 1.45 bits per heavy atom. The van der Waals surface area contributed by atoms with Crippen molar-refractivity contribution in [3.05, 3.63) is 49.6 Å². The van der Waals surface area contributed by atoms with E-state index in [0.29, 0.717) is 17.1 Å². The number of halogens is 2. The Morgan fingerprint density at radius 3 is 2.80 bits per heavy atom. The molecule has 0 saturated heterocycles. The van der Waals surface area contributed by atoms with Crippen LogP contribution in [0.4, 0.5) is 5.69 Å². The number of thiophene rings is 1. The fourth-order valence-electron chi connectivity index (χ4n) is 1.86. The summed E-state index contributed by atoms with van der Waals surface area (Å²) in [5.41, 5.74) is 1.36. The molecule has 0 radical (unpaired) electrons. The lowest BCUT2D eigenvalue weighted by atomic mass is 10.1. The van der Waals surface area contributed by atoms with Crippen LogP contribution in [0.2, 0.25) is 5.02 Å². The van der Waals surface area contributed by atoms with E-state index in [1.807, 2.05) is 17.5 Å². The molecule has 20 heavy (non-hydrogen) atoms. The highest BCUT2D eigenvalue weighted by Crippen LogP contribution is 2.24. The smallest absolute Gasteiger partial charge is 0.256 e. The first-order chi connectivity index (χ1) is 9.51. The van der Waals surface area contributed by atoms with Gasteiger partial charge in [0.15, 0.2) is 0 Å². The number of carbonyl (C=O) groups excluding carboxylic acids is 1. The van der Waals surface area contributed by atoms with Gasteiger partial charge in [-0.25, -0.2) is 0 Å². The standard InChI is InChI=1S/C14H14BrClN2OS/c1-17-13-4-3-10(16)6-12(13)14(19)18(2)7-11-5-9(15)8-20-11/h3-6,8,17H,7H2,1-2H3. The van der Waals surface area contributed by atoms with Gasteiger partial charge < -0.3 is 10.2 Å². The Bertz CT molecular complexity index is 629. The van der Waals surface area contributed by atoms with Crippen LogP contribution in [0.15, 0.2) is 34.1 Å². The van der Waals surface area contributed by atoms with Crippen LogP contribution in [0.3, 0.4) is 0 Å². The van der Waals surface area contributed by atoms with Gasteiger partial charge in [0.1, 0.15) is 0 Å². The summed E-state index contributed by atoms with van der Waals surface area (Å²) in [4.78, 5) is 15.3. The molecule has 0 aliphatic carbocycles. The van der Waals surface area contributed by atoms with E-state index in [0.717, 1.165) is 15.0 Å². The Labute approximate surface area is 135 Å². The van der Waals surface area contributed by atoms with Crippen LogP contribution in [-0.4, -0.2) is 24.9 Å². The van der Waals surface area contributed by atoms with Gasteiger partial charge in [-0.15, -0.1) is 11.3 Å². The maximum Gasteiger partial charge on any atom is 0.256 e. The molecule has 2 aromatic rings. The SMILES string of the molecule is CNc1ccc(Cl)cc1C(=O)N(C)Cc1cc(Br)cs1. The van der Waals surface area contributed by atoms with Gasteiger partial charge in [0.2, 0.25) is 0 Å². The van der Waals surface area contributed by atoms with Gasteiger partial charge in [0.25, 0.3) is 5.91 Å². The fourth-order valence-corrected chi connectivity index (χ4v) is 3.53. The van der Waals surface area contributed by atoms with Crippen LogP contribution in [0.1, 0.15) is 15.2 Å². The third-order valence-corrected chi connectivity index (χ3v) is 4.76. The minimum Gasteiger partial charge on any atom is -0.387 e. The van der Waals surface area contributed by atoms with Crippen molar-refractivity contribution in [3.63, 3.8) is 0 Å². The number of anilines is 1. The van der Waals surface area contributed by atoms with E-state index in [1.165, 1.54) is 0 Å². The topological polar surface area (TPSA) is 32.3 Å². The van der Waals surface area contributed by atoms with Crippen molar-refractivity contribution in [1.29, 1.82) is 0 Å². The van der Waals surface area contributed by atoms with Crippen LogP contribution in [-0.2, 0) is 6.54 Å². The van der Waals surface area contributed by atoms with E-state index in [4.69, 9.17) is 11.6 Å². The average Bonchev–Trinajstić information content (AvgIpc) is 2.83. The van der Waals surface area contributed by atoms with Gasteiger partial charge in [-0.2, -0.15) is 0 Å². The molecule has 1 aromatic carbocycles. The van der Waals surface area contributed by atoms with Gasteiger partial charge >= 0.3 is 0 Å². The highest BCUT2D eigenvalue weighted by molar-refractivity contribution is 9.10. The van der Waals surface area contributed by atoms with Gasteiger partial charge in [0, 0.05) is 39.5 Å². The first kappa shape index (κ1) is 15.4. The number of nitrogens with one attached hydrogen (secondary N) is 1. The molecule has 1 N–H and O–H groups in total. The predicted octanol–water partition coefficient (Wildman–Crippen LogP) is 4.48. The molecule has 1 aromatic heterocycles. The first-order valence-electron chi connectivity index (χ1n) is 5.97. The fraction of sp³-hybridized carbons (Fsp3) is 0.214. The van der Waals surface area contributed by atoms with Gasteiger partial charge in [-0.05, 0) is 40.2 Å². The summed E-state index contributed by atoms with van der Waals surface area (Å²) in [6, 6.07) is 7.29. The largest absolute Gasteiger partial charge is 0.387 e. The first-order valence-corrected chi connectivity index (χ1v) is 8.02. The number of rotatable bonds is 4. The molecule has 6 heteroatoms.